The molecule has 8 nitrogen and oxygen atoms in total. The maximum absolute atomic E-state index is 10.7. The van der Waals surface area contributed by atoms with Crippen molar-refractivity contribution >= 4 is 35.3 Å². The molecule has 0 saturated heterocycles. The third-order valence-electron chi connectivity index (χ3n) is 8.50. The first kappa shape index (κ1) is 36.1. The predicted molar refractivity (Wildman–Crippen MR) is 209 cm³/mol. The van der Waals surface area contributed by atoms with E-state index in [1.807, 2.05) is 49.6 Å². The van der Waals surface area contributed by atoms with Gasteiger partial charge in [-0.15, -0.1) is 23.5 Å². The van der Waals surface area contributed by atoms with Gasteiger partial charge in [-0.3, -0.25) is 9.13 Å². The Morgan fingerprint density at radius 3 is 1.29 bits per heavy atom. The first-order chi connectivity index (χ1) is 24.6. The normalized spacial score (nSPS) is 11.5. The van der Waals surface area contributed by atoms with Crippen LogP contribution in [0.3, 0.4) is 0 Å². The van der Waals surface area contributed by atoms with Crippen LogP contribution >= 0.6 is 35.3 Å². The van der Waals surface area contributed by atoms with E-state index in [1.165, 1.54) is 32.7 Å². The number of benzene rings is 4. The monoisotopic (exact) mass is 740 g/mol. The van der Waals surface area contributed by atoms with Gasteiger partial charge in [0.25, 0.3) is 0 Å². The van der Waals surface area contributed by atoms with E-state index in [9.17, 15) is 20.4 Å². The summed E-state index contributed by atoms with van der Waals surface area (Å²) in [5.74, 6) is 5.25. The Kier molecular flexibility index (Phi) is 11.1. The highest BCUT2D eigenvalue weighted by atomic mass is 32.2. The van der Waals surface area contributed by atoms with E-state index in [0.29, 0.717) is 44.2 Å². The largest absolute Gasteiger partial charge is 0.494 e. The summed E-state index contributed by atoms with van der Waals surface area (Å²) in [6.45, 7) is 6.34. The fourth-order valence-electron chi connectivity index (χ4n) is 5.69. The van der Waals surface area contributed by atoms with Crippen LogP contribution in [-0.4, -0.2) is 53.1 Å². The molecule has 0 aliphatic heterocycles. The van der Waals surface area contributed by atoms with Gasteiger partial charge in [-0.05, 0) is 95.9 Å². The molecule has 0 aliphatic rings. The van der Waals surface area contributed by atoms with Gasteiger partial charge in [0.1, 0.15) is 23.0 Å². The van der Waals surface area contributed by atoms with Crippen molar-refractivity contribution in [2.75, 3.05) is 23.5 Å². The molecular formula is C40H40N2O6S3. The van der Waals surface area contributed by atoms with Crippen molar-refractivity contribution in [3.63, 3.8) is 0 Å². The Hall–Kier alpha value is -4.71. The fourth-order valence-corrected chi connectivity index (χ4v) is 8.04. The molecular weight excluding hydrogens is 701 g/mol. The lowest BCUT2D eigenvalue weighted by Crippen LogP contribution is -2.18. The molecule has 6 aromatic rings. The third-order valence-corrected chi connectivity index (χ3v) is 11.3. The Morgan fingerprint density at radius 1 is 0.549 bits per heavy atom. The smallest absolute Gasteiger partial charge is 0.212 e. The van der Waals surface area contributed by atoms with Gasteiger partial charge in [0.05, 0.1) is 21.2 Å². The average molecular weight is 741 g/mol. The highest BCUT2D eigenvalue weighted by molar-refractivity contribution is 8.02. The highest BCUT2D eigenvalue weighted by Gasteiger charge is 2.23. The molecule has 0 unspecified atom stereocenters. The number of hydrogen-bond donors (Lipinski definition) is 4. The van der Waals surface area contributed by atoms with Crippen molar-refractivity contribution in [3.05, 3.63) is 120 Å². The van der Waals surface area contributed by atoms with Crippen LogP contribution in [0.25, 0.3) is 11.4 Å². The summed E-state index contributed by atoms with van der Waals surface area (Å²) in [6, 6.07) is 33.6. The summed E-state index contributed by atoms with van der Waals surface area (Å²) < 4.78 is 15.0. The van der Waals surface area contributed by atoms with Crippen molar-refractivity contribution in [3.8, 4) is 57.9 Å². The van der Waals surface area contributed by atoms with E-state index in [4.69, 9.17) is 9.47 Å². The van der Waals surface area contributed by atoms with Crippen LogP contribution < -0.4 is 9.47 Å². The number of aromatic hydroxyl groups is 4. The van der Waals surface area contributed by atoms with Gasteiger partial charge >= 0.3 is 0 Å². The number of hydrogen-bond acceptors (Lipinski definition) is 9. The van der Waals surface area contributed by atoms with Crippen LogP contribution in [0, 0.1) is 0 Å². The Labute approximate surface area is 310 Å². The molecule has 2 aromatic heterocycles. The number of aromatic nitrogens is 2. The molecule has 4 aromatic carbocycles. The van der Waals surface area contributed by atoms with Crippen molar-refractivity contribution in [2.24, 2.45) is 0 Å². The van der Waals surface area contributed by atoms with Crippen LogP contribution in [0.2, 0.25) is 0 Å². The summed E-state index contributed by atoms with van der Waals surface area (Å²) in [5, 5.41) is 42.1. The van der Waals surface area contributed by atoms with Gasteiger partial charge in [0.2, 0.25) is 11.8 Å². The zero-order valence-corrected chi connectivity index (χ0v) is 31.2. The lowest BCUT2D eigenvalue weighted by molar-refractivity contribution is 0.397. The fraction of sp³-hybridized carbons (Fsp3) is 0.200. The van der Waals surface area contributed by atoms with Gasteiger partial charge in [-0.25, -0.2) is 0 Å². The molecule has 0 saturated carbocycles. The lowest BCUT2D eigenvalue weighted by Gasteiger charge is -2.26. The first-order valence-electron chi connectivity index (χ1n) is 16.4. The van der Waals surface area contributed by atoms with Gasteiger partial charge in [-0.1, -0.05) is 45.0 Å². The second-order valence-corrected chi connectivity index (χ2v) is 15.6. The van der Waals surface area contributed by atoms with E-state index < -0.39 is 0 Å². The van der Waals surface area contributed by atoms with Crippen LogP contribution in [0.1, 0.15) is 31.9 Å². The molecule has 11 heteroatoms. The molecule has 2 heterocycles. The first-order valence-corrected chi connectivity index (χ1v) is 19.7. The summed E-state index contributed by atoms with van der Waals surface area (Å²) in [5.41, 5.74) is 3.22. The molecule has 0 aliphatic carbocycles. The van der Waals surface area contributed by atoms with Gasteiger partial charge < -0.3 is 29.9 Å². The van der Waals surface area contributed by atoms with Crippen molar-refractivity contribution < 1.29 is 29.9 Å². The highest BCUT2D eigenvalue weighted by Crippen LogP contribution is 2.40. The Morgan fingerprint density at radius 2 is 0.922 bits per heavy atom. The minimum Gasteiger partial charge on any atom is -0.494 e. The number of thioether (sulfide) groups is 3. The number of nitrogens with zero attached hydrogens (tertiary/aromatic N) is 2. The summed E-state index contributed by atoms with van der Waals surface area (Å²) >= 11 is 4.72. The quantitative estimate of drug-likeness (QED) is 0.0641. The van der Waals surface area contributed by atoms with E-state index in [-0.39, 0.29) is 28.9 Å². The Bertz CT molecular complexity index is 2070. The summed E-state index contributed by atoms with van der Waals surface area (Å²) in [6.07, 6.45) is 2.04. The minimum absolute atomic E-state index is 0.0161. The lowest BCUT2D eigenvalue weighted by atomic mass is 9.78. The topological polar surface area (TPSA) is 109 Å². The Balaban J connectivity index is 1.08. The maximum Gasteiger partial charge on any atom is 0.212 e. The summed E-state index contributed by atoms with van der Waals surface area (Å²) in [4.78, 5) is 1.28. The van der Waals surface area contributed by atoms with E-state index >= 15 is 0 Å². The van der Waals surface area contributed by atoms with Gasteiger partial charge in [0.15, 0.2) is 11.8 Å². The molecule has 0 fully saturated rings. The number of rotatable bonds is 14. The molecule has 264 valence electrons. The molecule has 0 atom stereocenters. The van der Waals surface area contributed by atoms with Crippen LogP contribution in [0.4, 0.5) is 0 Å². The zero-order valence-electron chi connectivity index (χ0n) is 28.7. The molecule has 4 N–H and O–H groups in total. The predicted octanol–water partition coefficient (Wildman–Crippen LogP) is 10.6. The molecule has 0 spiro atoms. The standard InChI is InChI=1S/C40H40N2O6S3/c1-5-50-34-24-36(43)41(38(34)45)28-10-18-32(19-11-28)47-30-14-6-26(7-15-30)40(2,3)27-8-16-31(17-9-27)48-33-20-12-29(13-21-33)42-37(44)25-35(39(42)46)51-23-22-49-4/h6-21,24-25,43-46H,5,22-23H2,1-4H3. The van der Waals surface area contributed by atoms with Gasteiger partial charge in [-0.2, -0.15) is 11.8 Å². The van der Waals surface area contributed by atoms with E-state index in [2.05, 4.69) is 38.1 Å². The molecule has 0 amide bonds. The van der Waals surface area contributed by atoms with Crippen LogP contribution in [0.15, 0.2) is 119 Å². The van der Waals surface area contributed by atoms with Gasteiger partial charge in [0, 0.05) is 29.1 Å². The second kappa shape index (κ2) is 15.7. The van der Waals surface area contributed by atoms with Crippen molar-refractivity contribution in [1.82, 2.24) is 9.13 Å². The van der Waals surface area contributed by atoms with E-state index in [0.717, 1.165) is 28.4 Å². The molecule has 6 rings (SSSR count). The van der Waals surface area contributed by atoms with E-state index in [1.54, 1.807) is 60.3 Å². The maximum atomic E-state index is 10.7. The minimum atomic E-state index is -0.288. The molecule has 0 bridgehead atoms. The SMILES string of the molecule is CCSc1cc(O)n(-c2ccc(Oc3ccc(C(C)(C)c4ccc(Oc5ccc(-n6c(O)cc(SCCSC)c6O)cc5)cc4)cc3)cc2)c1O. The second-order valence-electron chi connectivity index (χ2n) is 12.2. The average Bonchev–Trinajstić information content (AvgIpc) is 3.57. The molecule has 51 heavy (non-hydrogen) atoms. The zero-order chi connectivity index (χ0) is 36.1. The summed E-state index contributed by atoms with van der Waals surface area (Å²) in [7, 11) is 0. The van der Waals surface area contributed by atoms with Crippen molar-refractivity contribution in [1.29, 1.82) is 0 Å². The number of ether oxygens (including phenoxy) is 2. The molecule has 0 radical (unpaired) electrons. The third kappa shape index (κ3) is 7.96. The van der Waals surface area contributed by atoms with Crippen molar-refractivity contribution in [2.45, 2.75) is 36.0 Å². The van der Waals surface area contributed by atoms with Crippen LogP contribution in [-0.2, 0) is 5.41 Å². The van der Waals surface area contributed by atoms with Crippen LogP contribution in [0.5, 0.6) is 46.5 Å².